The van der Waals surface area contributed by atoms with Gasteiger partial charge in [0.2, 0.25) is 0 Å². The van der Waals surface area contributed by atoms with Gasteiger partial charge in [-0.05, 0) is 30.5 Å². The molecule has 0 amide bonds. The molecule has 0 N–H and O–H groups in total. The van der Waals surface area contributed by atoms with Crippen LogP contribution >= 0.6 is 11.6 Å². The van der Waals surface area contributed by atoms with Gasteiger partial charge in [0.1, 0.15) is 5.78 Å². The summed E-state index contributed by atoms with van der Waals surface area (Å²) in [5.41, 5.74) is 1.65. The zero-order valence-electron chi connectivity index (χ0n) is 11.9. The molecule has 21 heavy (non-hydrogen) atoms. The standard InChI is InChI=1S/C18H17ClO2/c1-13(20)11-16(14-7-9-17(19)10-8-14)12-18(21)15-5-3-2-4-6-15/h2-10,16H,11-12H2,1H3/t16-/m0/s1. The quantitative estimate of drug-likeness (QED) is 0.726. The highest BCUT2D eigenvalue weighted by Crippen LogP contribution is 2.27. The van der Waals surface area contributed by atoms with Crippen molar-refractivity contribution in [3.63, 3.8) is 0 Å². The van der Waals surface area contributed by atoms with Crippen LogP contribution in [0.5, 0.6) is 0 Å². The summed E-state index contributed by atoms with van der Waals surface area (Å²) >= 11 is 5.89. The number of carbonyl (C=O) groups is 2. The zero-order valence-corrected chi connectivity index (χ0v) is 12.6. The average molecular weight is 301 g/mol. The Bertz CT molecular complexity index is 617. The molecule has 0 bridgehead atoms. The molecule has 2 rings (SSSR count). The number of halogens is 1. The summed E-state index contributed by atoms with van der Waals surface area (Å²) in [7, 11) is 0. The fourth-order valence-corrected chi connectivity index (χ4v) is 2.48. The van der Waals surface area contributed by atoms with Gasteiger partial charge < -0.3 is 4.79 Å². The van der Waals surface area contributed by atoms with Crippen LogP contribution in [0.2, 0.25) is 5.02 Å². The second-order valence-electron chi connectivity index (χ2n) is 5.15. The van der Waals surface area contributed by atoms with Crippen LogP contribution in [-0.4, -0.2) is 11.6 Å². The summed E-state index contributed by atoms with van der Waals surface area (Å²) in [5, 5.41) is 0.648. The van der Waals surface area contributed by atoms with Crippen molar-refractivity contribution in [3.8, 4) is 0 Å². The van der Waals surface area contributed by atoms with Crippen LogP contribution < -0.4 is 0 Å². The van der Waals surface area contributed by atoms with Crippen LogP contribution in [-0.2, 0) is 4.79 Å². The van der Waals surface area contributed by atoms with Crippen molar-refractivity contribution >= 4 is 23.2 Å². The molecule has 0 spiro atoms. The normalized spacial score (nSPS) is 11.9. The second kappa shape index (κ2) is 7.19. The van der Waals surface area contributed by atoms with Crippen molar-refractivity contribution in [2.45, 2.75) is 25.7 Å². The van der Waals surface area contributed by atoms with Crippen LogP contribution in [0.1, 0.15) is 41.6 Å². The summed E-state index contributed by atoms with van der Waals surface area (Å²) < 4.78 is 0. The number of hydrogen-bond acceptors (Lipinski definition) is 2. The van der Waals surface area contributed by atoms with Crippen molar-refractivity contribution in [1.82, 2.24) is 0 Å². The van der Waals surface area contributed by atoms with Crippen LogP contribution in [0.4, 0.5) is 0 Å². The monoisotopic (exact) mass is 300 g/mol. The summed E-state index contributed by atoms with van der Waals surface area (Å²) in [6.45, 7) is 1.55. The van der Waals surface area contributed by atoms with Crippen molar-refractivity contribution in [1.29, 1.82) is 0 Å². The Balaban J connectivity index is 2.18. The highest BCUT2D eigenvalue weighted by atomic mass is 35.5. The molecule has 0 saturated carbocycles. The summed E-state index contributed by atoms with van der Waals surface area (Å²) in [5.74, 6) is 0.0279. The van der Waals surface area contributed by atoms with E-state index in [1.165, 1.54) is 0 Å². The van der Waals surface area contributed by atoms with E-state index in [2.05, 4.69) is 0 Å². The number of ketones is 2. The molecule has 0 aliphatic heterocycles. The first-order chi connectivity index (χ1) is 10.1. The molecular weight excluding hydrogens is 284 g/mol. The lowest BCUT2D eigenvalue weighted by Gasteiger charge is -2.15. The largest absolute Gasteiger partial charge is 0.300 e. The molecule has 1 atom stereocenters. The maximum Gasteiger partial charge on any atom is 0.163 e. The third-order valence-corrected chi connectivity index (χ3v) is 3.65. The first-order valence-electron chi connectivity index (χ1n) is 6.89. The van der Waals surface area contributed by atoms with Gasteiger partial charge in [-0.15, -0.1) is 0 Å². The van der Waals surface area contributed by atoms with Gasteiger partial charge in [-0.25, -0.2) is 0 Å². The van der Waals surface area contributed by atoms with E-state index < -0.39 is 0 Å². The van der Waals surface area contributed by atoms with E-state index >= 15 is 0 Å². The predicted molar refractivity (Wildman–Crippen MR) is 84.9 cm³/mol. The van der Waals surface area contributed by atoms with Gasteiger partial charge >= 0.3 is 0 Å². The lowest BCUT2D eigenvalue weighted by Crippen LogP contribution is -2.11. The van der Waals surface area contributed by atoms with Crippen LogP contribution in [0, 0.1) is 0 Å². The van der Waals surface area contributed by atoms with Gasteiger partial charge in [0.15, 0.2) is 5.78 Å². The fourth-order valence-electron chi connectivity index (χ4n) is 2.36. The molecule has 3 heteroatoms. The highest BCUT2D eigenvalue weighted by molar-refractivity contribution is 6.30. The number of rotatable bonds is 6. The Hall–Kier alpha value is -1.93. The van der Waals surface area contributed by atoms with E-state index in [1.54, 1.807) is 31.2 Å². The van der Waals surface area contributed by atoms with Gasteiger partial charge in [0.05, 0.1) is 0 Å². The molecule has 2 nitrogen and oxygen atoms in total. The topological polar surface area (TPSA) is 34.1 Å². The molecule has 0 saturated heterocycles. The van der Waals surface area contributed by atoms with Gasteiger partial charge in [-0.3, -0.25) is 4.79 Å². The second-order valence-corrected chi connectivity index (χ2v) is 5.58. The number of benzene rings is 2. The minimum atomic E-state index is -0.104. The molecule has 0 aromatic heterocycles. The van der Waals surface area contributed by atoms with Crippen molar-refractivity contribution < 1.29 is 9.59 Å². The highest BCUT2D eigenvalue weighted by Gasteiger charge is 2.18. The molecule has 2 aromatic carbocycles. The Morgan fingerprint density at radius 1 is 0.952 bits per heavy atom. The summed E-state index contributed by atoms with van der Waals surface area (Å²) in [4.78, 5) is 23.8. The summed E-state index contributed by atoms with van der Waals surface area (Å²) in [6, 6.07) is 16.5. The Kier molecular flexibility index (Phi) is 5.29. The van der Waals surface area contributed by atoms with Gasteiger partial charge in [0.25, 0.3) is 0 Å². The van der Waals surface area contributed by atoms with Crippen molar-refractivity contribution in [2.24, 2.45) is 0 Å². The number of Topliss-reactive ketones (excluding diaryl/α,β-unsaturated/α-hetero) is 2. The van der Waals surface area contributed by atoms with Crippen LogP contribution in [0.15, 0.2) is 54.6 Å². The average Bonchev–Trinajstić information content (AvgIpc) is 2.48. The van der Waals surface area contributed by atoms with Crippen molar-refractivity contribution in [3.05, 3.63) is 70.7 Å². The fraction of sp³-hybridized carbons (Fsp3) is 0.222. The summed E-state index contributed by atoms with van der Waals surface area (Å²) in [6.07, 6.45) is 0.686. The molecule has 0 fully saturated rings. The smallest absolute Gasteiger partial charge is 0.163 e. The zero-order chi connectivity index (χ0) is 15.2. The van der Waals surface area contributed by atoms with Gasteiger partial charge in [0, 0.05) is 23.4 Å². The Morgan fingerprint density at radius 2 is 1.57 bits per heavy atom. The molecule has 108 valence electrons. The van der Waals surface area contributed by atoms with E-state index in [9.17, 15) is 9.59 Å². The van der Waals surface area contributed by atoms with E-state index in [0.717, 1.165) is 5.56 Å². The number of hydrogen-bond donors (Lipinski definition) is 0. The third-order valence-electron chi connectivity index (χ3n) is 3.40. The van der Waals surface area contributed by atoms with Crippen molar-refractivity contribution in [2.75, 3.05) is 0 Å². The molecular formula is C18H17ClO2. The van der Waals surface area contributed by atoms with Gasteiger partial charge in [-0.2, -0.15) is 0 Å². The Labute approximate surface area is 129 Å². The van der Waals surface area contributed by atoms with Crippen LogP contribution in [0.3, 0.4) is 0 Å². The Morgan fingerprint density at radius 3 is 2.14 bits per heavy atom. The maximum atomic E-state index is 12.3. The van der Waals surface area contributed by atoms with E-state index in [0.29, 0.717) is 23.4 Å². The molecule has 0 aliphatic carbocycles. The lowest BCUT2D eigenvalue weighted by atomic mass is 9.88. The first kappa shape index (κ1) is 15.5. The van der Waals surface area contributed by atoms with Gasteiger partial charge in [-0.1, -0.05) is 54.1 Å². The lowest BCUT2D eigenvalue weighted by molar-refractivity contribution is -0.117. The molecule has 0 radical (unpaired) electrons. The maximum absolute atomic E-state index is 12.3. The van der Waals surface area contributed by atoms with Crippen LogP contribution in [0.25, 0.3) is 0 Å². The first-order valence-corrected chi connectivity index (χ1v) is 7.27. The molecule has 2 aromatic rings. The van der Waals surface area contributed by atoms with E-state index in [1.807, 2.05) is 30.3 Å². The minimum absolute atomic E-state index is 0.0526. The molecule has 0 heterocycles. The minimum Gasteiger partial charge on any atom is -0.300 e. The van der Waals surface area contributed by atoms with E-state index in [4.69, 9.17) is 11.6 Å². The van der Waals surface area contributed by atoms with E-state index in [-0.39, 0.29) is 17.5 Å². The molecule has 0 aliphatic rings. The predicted octanol–water partition coefficient (Wildman–Crippen LogP) is 4.68. The number of carbonyl (C=O) groups excluding carboxylic acids is 2. The molecule has 0 unspecified atom stereocenters. The SMILES string of the molecule is CC(=O)C[C@@H](CC(=O)c1ccccc1)c1ccc(Cl)cc1. The third kappa shape index (κ3) is 4.54.